The fourth-order valence-corrected chi connectivity index (χ4v) is 3.56. The molecule has 1 atom stereocenters. The Morgan fingerprint density at radius 1 is 1.14 bits per heavy atom. The molecule has 0 bridgehead atoms. The molecule has 116 valence electrons. The Bertz CT molecular complexity index is 423. The Balaban J connectivity index is 1.51. The van der Waals surface area contributed by atoms with Crippen LogP contribution in [0.25, 0.3) is 0 Å². The highest BCUT2D eigenvalue weighted by molar-refractivity contribution is 5.55. The fraction of sp³-hybridized carbons (Fsp3) is 0.667. The average Bonchev–Trinajstić information content (AvgIpc) is 2.54. The molecule has 21 heavy (non-hydrogen) atoms. The predicted molar refractivity (Wildman–Crippen MR) is 91.1 cm³/mol. The maximum absolute atomic E-state index is 3.61. The molecule has 3 nitrogen and oxygen atoms in total. The van der Waals surface area contributed by atoms with Gasteiger partial charge in [-0.2, -0.15) is 0 Å². The number of nitrogens with one attached hydrogen (secondary N) is 2. The number of hydrogen-bond acceptors (Lipinski definition) is 3. The zero-order valence-electron chi connectivity index (χ0n) is 13.3. The van der Waals surface area contributed by atoms with Crippen molar-refractivity contribution in [1.82, 2.24) is 5.32 Å². The molecule has 3 rings (SSSR count). The second-order valence-corrected chi connectivity index (χ2v) is 6.81. The van der Waals surface area contributed by atoms with E-state index in [0.29, 0.717) is 0 Å². The quantitative estimate of drug-likeness (QED) is 0.889. The molecule has 1 aromatic carbocycles. The maximum atomic E-state index is 3.61. The van der Waals surface area contributed by atoms with Crippen molar-refractivity contribution < 1.29 is 0 Å². The first-order valence-corrected chi connectivity index (χ1v) is 8.61. The van der Waals surface area contributed by atoms with Gasteiger partial charge in [0, 0.05) is 31.0 Å². The van der Waals surface area contributed by atoms with E-state index in [2.05, 4.69) is 46.7 Å². The van der Waals surface area contributed by atoms with Crippen LogP contribution >= 0.6 is 0 Å². The highest BCUT2D eigenvalue weighted by atomic mass is 15.1. The Hall–Kier alpha value is -1.22. The van der Waals surface area contributed by atoms with E-state index < -0.39 is 0 Å². The van der Waals surface area contributed by atoms with Crippen LogP contribution in [-0.4, -0.2) is 32.7 Å². The smallest absolute Gasteiger partial charge is 0.0367 e. The molecule has 0 saturated carbocycles. The first-order valence-electron chi connectivity index (χ1n) is 8.61. The van der Waals surface area contributed by atoms with Gasteiger partial charge >= 0.3 is 0 Å². The van der Waals surface area contributed by atoms with E-state index >= 15 is 0 Å². The van der Waals surface area contributed by atoms with E-state index in [1.807, 2.05) is 0 Å². The molecule has 2 saturated heterocycles. The second kappa shape index (κ2) is 7.17. The van der Waals surface area contributed by atoms with Crippen molar-refractivity contribution >= 4 is 11.4 Å². The molecule has 2 aliphatic rings. The van der Waals surface area contributed by atoms with Gasteiger partial charge < -0.3 is 15.5 Å². The molecule has 1 aromatic rings. The van der Waals surface area contributed by atoms with Crippen molar-refractivity contribution in [3.05, 3.63) is 24.3 Å². The van der Waals surface area contributed by atoms with Gasteiger partial charge in [-0.05, 0) is 74.9 Å². The third kappa shape index (κ3) is 4.13. The zero-order valence-corrected chi connectivity index (χ0v) is 13.3. The van der Waals surface area contributed by atoms with Crippen LogP contribution in [0.2, 0.25) is 0 Å². The molecule has 2 heterocycles. The zero-order chi connectivity index (χ0) is 14.5. The third-order valence-corrected chi connectivity index (χ3v) is 4.94. The summed E-state index contributed by atoms with van der Waals surface area (Å²) in [6, 6.07) is 9.05. The average molecular weight is 287 g/mol. The number of piperidine rings is 2. The molecule has 3 heteroatoms. The van der Waals surface area contributed by atoms with Gasteiger partial charge in [-0.1, -0.05) is 6.92 Å². The minimum atomic E-state index is 0.828. The standard InChI is InChI=1S/C18H29N3/c1-15-3-2-12-21(14-15)18-6-4-17(5-7-18)20-13-16-8-10-19-11-9-16/h4-7,15-16,19-20H,2-3,8-14H2,1H3. The molecule has 2 N–H and O–H groups in total. The number of hydrogen-bond donors (Lipinski definition) is 2. The maximum Gasteiger partial charge on any atom is 0.0367 e. The molecular formula is C18H29N3. The van der Waals surface area contributed by atoms with Gasteiger partial charge in [-0.15, -0.1) is 0 Å². The molecule has 0 radical (unpaired) electrons. The Kier molecular flexibility index (Phi) is 5.02. The topological polar surface area (TPSA) is 27.3 Å². The summed E-state index contributed by atoms with van der Waals surface area (Å²) in [5.41, 5.74) is 2.65. The van der Waals surface area contributed by atoms with Crippen LogP contribution in [-0.2, 0) is 0 Å². The normalized spacial score (nSPS) is 24.0. The second-order valence-electron chi connectivity index (χ2n) is 6.81. The summed E-state index contributed by atoms with van der Waals surface area (Å²) in [5.74, 6) is 1.66. The van der Waals surface area contributed by atoms with E-state index in [1.54, 1.807) is 0 Å². The molecule has 0 aromatic heterocycles. The number of rotatable bonds is 4. The van der Waals surface area contributed by atoms with Gasteiger partial charge in [-0.25, -0.2) is 0 Å². The predicted octanol–water partition coefficient (Wildman–Crippen LogP) is 3.33. The molecule has 0 spiro atoms. The van der Waals surface area contributed by atoms with Gasteiger partial charge in [-0.3, -0.25) is 0 Å². The summed E-state index contributed by atoms with van der Waals surface area (Å²) in [6.07, 6.45) is 5.32. The highest BCUT2D eigenvalue weighted by Gasteiger charge is 2.16. The molecular weight excluding hydrogens is 258 g/mol. The molecule has 2 fully saturated rings. The molecule has 0 amide bonds. The lowest BCUT2D eigenvalue weighted by Crippen LogP contribution is -2.34. The van der Waals surface area contributed by atoms with Gasteiger partial charge in [0.15, 0.2) is 0 Å². The van der Waals surface area contributed by atoms with Gasteiger partial charge in [0.05, 0.1) is 0 Å². The summed E-state index contributed by atoms with van der Waals surface area (Å²) < 4.78 is 0. The minimum Gasteiger partial charge on any atom is -0.385 e. The van der Waals surface area contributed by atoms with Crippen molar-refractivity contribution in [3.8, 4) is 0 Å². The van der Waals surface area contributed by atoms with Crippen LogP contribution in [0.4, 0.5) is 11.4 Å². The number of anilines is 2. The van der Waals surface area contributed by atoms with Crippen LogP contribution in [0.5, 0.6) is 0 Å². The minimum absolute atomic E-state index is 0.828. The van der Waals surface area contributed by atoms with E-state index in [4.69, 9.17) is 0 Å². The van der Waals surface area contributed by atoms with Gasteiger partial charge in [0.25, 0.3) is 0 Å². The Morgan fingerprint density at radius 2 is 1.90 bits per heavy atom. The summed E-state index contributed by atoms with van der Waals surface area (Å²) >= 11 is 0. The lowest BCUT2D eigenvalue weighted by atomic mass is 9.98. The summed E-state index contributed by atoms with van der Waals surface area (Å²) in [6.45, 7) is 8.26. The van der Waals surface area contributed by atoms with E-state index in [0.717, 1.165) is 18.4 Å². The molecule has 2 aliphatic heterocycles. The van der Waals surface area contributed by atoms with Crippen LogP contribution in [0.3, 0.4) is 0 Å². The Labute approximate surface area is 129 Å². The van der Waals surface area contributed by atoms with Crippen LogP contribution in [0.15, 0.2) is 24.3 Å². The van der Waals surface area contributed by atoms with Crippen molar-refractivity contribution in [1.29, 1.82) is 0 Å². The first kappa shape index (κ1) is 14.7. The molecule has 0 aliphatic carbocycles. The summed E-state index contributed by atoms with van der Waals surface area (Å²) in [7, 11) is 0. The monoisotopic (exact) mass is 287 g/mol. The van der Waals surface area contributed by atoms with E-state index in [-0.39, 0.29) is 0 Å². The molecule has 1 unspecified atom stereocenters. The van der Waals surface area contributed by atoms with Crippen LogP contribution in [0, 0.1) is 11.8 Å². The largest absolute Gasteiger partial charge is 0.385 e. The number of nitrogens with zero attached hydrogens (tertiary/aromatic N) is 1. The fourth-order valence-electron chi connectivity index (χ4n) is 3.56. The Morgan fingerprint density at radius 3 is 2.62 bits per heavy atom. The third-order valence-electron chi connectivity index (χ3n) is 4.94. The first-order chi connectivity index (χ1) is 10.3. The van der Waals surface area contributed by atoms with E-state index in [1.165, 1.54) is 63.2 Å². The highest BCUT2D eigenvalue weighted by Crippen LogP contribution is 2.24. The van der Waals surface area contributed by atoms with E-state index in [9.17, 15) is 0 Å². The lowest BCUT2D eigenvalue weighted by Gasteiger charge is -2.33. The summed E-state index contributed by atoms with van der Waals surface area (Å²) in [4.78, 5) is 2.53. The van der Waals surface area contributed by atoms with Crippen LogP contribution in [0.1, 0.15) is 32.6 Å². The van der Waals surface area contributed by atoms with Gasteiger partial charge in [0.1, 0.15) is 0 Å². The van der Waals surface area contributed by atoms with Crippen molar-refractivity contribution in [3.63, 3.8) is 0 Å². The number of benzene rings is 1. The SMILES string of the molecule is CC1CCCN(c2ccc(NCC3CCNCC3)cc2)C1. The van der Waals surface area contributed by atoms with Crippen molar-refractivity contribution in [2.24, 2.45) is 11.8 Å². The van der Waals surface area contributed by atoms with Gasteiger partial charge in [0.2, 0.25) is 0 Å². The lowest BCUT2D eigenvalue weighted by molar-refractivity contribution is 0.390. The summed E-state index contributed by atoms with van der Waals surface area (Å²) in [5, 5.41) is 7.03. The van der Waals surface area contributed by atoms with Crippen molar-refractivity contribution in [2.45, 2.75) is 32.6 Å². The van der Waals surface area contributed by atoms with Crippen LogP contribution < -0.4 is 15.5 Å². The van der Waals surface area contributed by atoms with Crippen molar-refractivity contribution in [2.75, 3.05) is 42.9 Å².